The molecular formula is C24H19F2N3O3S. The summed E-state index contributed by atoms with van der Waals surface area (Å²) >= 11 is 1.49. The fourth-order valence-corrected chi connectivity index (χ4v) is 4.50. The van der Waals surface area contributed by atoms with E-state index < -0.39 is 17.9 Å². The number of carbonyl (C=O) groups excluding carboxylic acids is 1. The van der Waals surface area contributed by atoms with Gasteiger partial charge in [-0.2, -0.15) is 16.4 Å². The van der Waals surface area contributed by atoms with Crippen LogP contribution in [0.15, 0.2) is 65.5 Å². The van der Waals surface area contributed by atoms with Crippen LogP contribution in [0.4, 0.5) is 8.78 Å². The highest BCUT2D eigenvalue weighted by atomic mass is 32.1. The minimum atomic E-state index is -0.707. The van der Waals surface area contributed by atoms with Crippen molar-refractivity contribution in [1.82, 2.24) is 14.7 Å². The molecule has 0 aliphatic carbocycles. The molecule has 2 aromatic heterocycles. The molecular weight excluding hydrogens is 448 g/mol. The summed E-state index contributed by atoms with van der Waals surface area (Å²) in [6, 6.07) is 11.9. The maximum atomic E-state index is 13.8. The number of phenols is 1. The van der Waals surface area contributed by atoms with Crippen molar-refractivity contribution >= 4 is 17.2 Å². The van der Waals surface area contributed by atoms with E-state index in [1.165, 1.54) is 28.2 Å². The van der Waals surface area contributed by atoms with Crippen molar-refractivity contribution in [3.63, 3.8) is 0 Å². The average Bonchev–Trinajstić information content (AvgIpc) is 3.52. The Hall–Kier alpha value is -3.56. The molecule has 2 aromatic carbocycles. The monoisotopic (exact) mass is 467 g/mol. The Kier molecular flexibility index (Phi) is 5.65. The van der Waals surface area contributed by atoms with Crippen LogP contribution in [0, 0.1) is 11.6 Å². The van der Waals surface area contributed by atoms with E-state index in [4.69, 9.17) is 4.74 Å². The van der Waals surface area contributed by atoms with Crippen LogP contribution in [0.5, 0.6) is 5.75 Å². The van der Waals surface area contributed by atoms with Crippen molar-refractivity contribution in [1.29, 1.82) is 0 Å². The number of hydrogen-bond acceptors (Lipinski definition) is 5. The van der Waals surface area contributed by atoms with Crippen molar-refractivity contribution < 1.29 is 23.4 Å². The number of hydrogen-bond donors (Lipinski definition) is 1. The molecule has 3 heterocycles. The van der Waals surface area contributed by atoms with Crippen LogP contribution in [-0.4, -0.2) is 38.8 Å². The summed E-state index contributed by atoms with van der Waals surface area (Å²) in [6.45, 7) is 0.334. The summed E-state index contributed by atoms with van der Waals surface area (Å²) in [7, 11) is 0. The van der Waals surface area contributed by atoms with Crippen LogP contribution in [0.2, 0.25) is 0 Å². The highest BCUT2D eigenvalue weighted by Crippen LogP contribution is 2.36. The standard InChI is InChI=1S/C24H19F2N3O3S/c25-17-9-18(26)11-19(10-17)29-12-21(23(27-29)16-6-8-33-14-16)24-28(22(31)13-32-24)7-5-15-1-3-20(30)4-2-15/h1-4,6,8-12,14,24,30H,5,7,13H2/t24-/m1/s1. The fourth-order valence-electron chi connectivity index (χ4n) is 3.86. The average molecular weight is 467 g/mol. The predicted molar refractivity (Wildman–Crippen MR) is 119 cm³/mol. The van der Waals surface area contributed by atoms with Crippen LogP contribution in [0.25, 0.3) is 16.9 Å². The Bertz CT molecular complexity index is 1270. The smallest absolute Gasteiger partial charge is 0.250 e. The first kappa shape index (κ1) is 21.3. The number of ether oxygens (including phenoxy) is 1. The molecule has 9 heteroatoms. The summed E-state index contributed by atoms with van der Waals surface area (Å²) in [4.78, 5) is 14.3. The van der Waals surface area contributed by atoms with Crippen molar-refractivity contribution in [2.45, 2.75) is 12.6 Å². The van der Waals surface area contributed by atoms with E-state index in [-0.39, 0.29) is 24.0 Å². The number of phenolic OH excluding ortho intramolecular Hbond substituents is 1. The number of halogens is 2. The Morgan fingerprint density at radius 3 is 2.58 bits per heavy atom. The van der Waals surface area contributed by atoms with Crippen LogP contribution < -0.4 is 0 Å². The molecule has 168 valence electrons. The van der Waals surface area contributed by atoms with Gasteiger partial charge in [-0.05, 0) is 47.7 Å². The SMILES string of the molecule is O=C1CO[C@H](c2cn(-c3cc(F)cc(F)c3)nc2-c2ccsc2)N1CCc1ccc(O)cc1. The summed E-state index contributed by atoms with van der Waals surface area (Å²) in [5.41, 5.74) is 3.24. The number of carbonyl (C=O) groups is 1. The first-order chi connectivity index (χ1) is 16.0. The van der Waals surface area contributed by atoms with E-state index >= 15 is 0 Å². The lowest BCUT2D eigenvalue weighted by molar-refractivity contribution is -0.128. The van der Waals surface area contributed by atoms with Crippen LogP contribution >= 0.6 is 11.3 Å². The zero-order chi connectivity index (χ0) is 22.9. The molecule has 33 heavy (non-hydrogen) atoms. The summed E-state index contributed by atoms with van der Waals surface area (Å²) < 4.78 is 34.9. The second-order valence-corrected chi connectivity index (χ2v) is 8.46. The van der Waals surface area contributed by atoms with Gasteiger partial charge < -0.3 is 14.7 Å². The van der Waals surface area contributed by atoms with Gasteiger partial charge in [0.25, 0.3) is 5.91 Å². The summed E-state index contributed by atoms with van der Waals surface area (Å²) in [6.07, 6.45) is 1.54. The lowest BCUT2D eigenvalue weighted by Crippen LogP contribution is -2.30. The predicted octanol–water partition coefficient (Wildman–Crippen LogP) is 4.68. The van der Waals surface area contributed by atoms with Gasteiger partial charge in [0.15, 0.2) is 6.23 Å². The highest BCUT2D eigenvalue weighted by Gasteiger charge is 2.36. The van der Waals surface area contributed by atoms with Crippen LogP contribution in [-0.2, 0) is 16.0 Å². The number of benzene rings is 2. The Balaban J connectivity index is 1.50. The summed E-state index contributed by atoms with van der Waals surface area (Å²) in [5.74, 6) is -1.39. The van der Waals surface area contributed by atoms with Gasteiger partial charge in [-0.3, -0.25) is 4.79 Å². The molecule has 5 rings (SSSR count). The first-order valence-corrected chi connectivity index (χ1v) is 11.2. The normalized spacial score (nSPS) is 16.0. The van der Waals surface area contributed by atoms with E-state index in [0.717, 1.165) is 17.2 Å². The Labute approximate surface area is 192 Å². The van der Waals surface area contributed by atoms with Gasteiger partial charge in [0.05, 0.1) is 5.69 Å². The van der Waals surface area contributed by atoms with Gasteiger partial charge in [0.2, 0.25) is 0 Å². The zero-order valence-electron chi connectivity index (χ0n) is 17.3. The second kappa shape index (κ2) is 8.76. The van der Waals surface area contributed by atoms with Gasteiger partial charge in [0, 0.05) is 35.3 Å². The Morgan fingerprint density at radius 1 is 1.12 bits per heavy atom. The Morgan fingerprint density at radius 2 is 1.88 bits per heavy atom. The lowest BCUT2D eigenvalue weighted by Gasteiger charge is -2.23. The maximum absolute atomic E-state index is 13.8. The van der Waals surface area contributed by atoms with E-state index in [1.54, 1.807) is 35.4 Å². The number of rotatable bonds is 6. The molecule has 1 aliphatic heterocycles. The molecule has 1 fully saturated rings. The van der Waals surface area contributed by atoms with Crippen molar-refractivity contribution in [2.24, 2.45) is 0 Å². The molecule has 1 amide bonds. The fraction of sp³-hybridized carbons (Fsp3) is 0.167. The third-order valence-electron chi connectivity index (χ3n) is 5.46. The molecule has 6 nitrogen and oxygen atoms in total. The molecule has 0 bridgehead atoms. The molecule has 0 spiro atoms. The minimum Gasteiger partial charge on any atom is -0.508 e. The number of thiophene rings is 1. The molecule has 1 saturated heterocycles. The molecule has 1 N–H and O–H groups in total. The van der Waals surface area contributed by atoms with Gasteiger partial charge in [-0.15, -0.1) is 0 Å². The highest BCUT2D eigenvalue weighted by molar-refractivity contribution is 7.08. The zero-order valence-corrected chi connectivity index (χ0v) is 18.1. The largest absolute Gasteiger partial charge is 0.508 e. The van der Waals surface area contributed by atoms with Crippen LogP contribution in [0.1, 0.15) is 17.4 Å². The topological polar surface area (TPSA) is 67.6 Å². The molecule has 0 saturated carbocycles. The maximum Gasteiger partial charge on any atom is 0.250 e. The van der Waals surface area contributed by atoms with E-state index in [0.29, 0.717) is 24.2 Å². The van der Waals surface area contributed by atoms with Gasteiger partial charge in [-0.1, -0.05) is 12.1 Å². The lowest BCUT2D eigenvalue weighted by atomic mass is 10.1. The number of amides is 1. The van der Waals surface area contributed by atoms with Gasteiger partial charge in [-0.25, -0.2) is 13.5 Å². The molecule has 0 radical (unpaired) electrons. The van der Waals surface area contributed by atoms with Crippen LogP contribution in [0.3, 0.4) is 0 Å². The molecule has 0 unspecified atom stereocenters. The third kappa shape index (κ3) is 4.37. The number of aromatic nitrogens is 2. The molecule has 1 aliphatic rings. The number of nitrogens with zero attached hydrogens (tertiary/aromatic N) is 3. The van der Waals surface area contributed by atoms with Gasteiger partial charge in [0.1, 0.15) is 29.7 Å². The minimum absolute atomic E-state index is 0.0664. The van der Waals surface area contributed by atoms with E-state index in [9.17, 15) is 18.7 Å². The van der Waals surface area contributed by atoms with Crippen molar-refractivity contribution in [2.75, 3.05) is 13.2 Å². The van der Waals surface area contributed by atoms with Gasteiger partial charge >= 0.3 is 0 Å². The third-order valence-corrected chi connectivity index (χ3v) is 6.14. The molecule has 4 aromatic rings. The van der Waals surface area contributed by atoms with E-state index in [2.05, 4.69) is 5.10 Å². The molecule has 1 atom stereocenters. The van der Waals surface area contributed by atoms with E-state index in [1.807, 2.05) is 16.8 Å². The quantitative estimate of drug-likeness (QED) is 0.447. The second-order valence-electron chi connectivity index (χ2n) is 7.68. The first-order valence-electron chi connectivity index (χ1n) is 10.3. The van der Waals surface area contributed by atoms with Crippen molar-refractivity contribution in [3.05, 3.63) is 88.2 Å². The van der Waals surface area contributed by atoms with Crippen molar-refractivity contribution in [3.8, 4) is 22.7 Å². The number of aromatic hydroxyl groups is 1. The summed E-state index contributed by atoms with van der Waals surface area (Å²) in [5, 5.41) is 17.9.